The van der Waals surface area contributed by atoms with E-state index in [0.717, 1.165) is 0 Å². The molecule has 0 spiro atoms. The number of likely N-dealkylation sites (tertiary alicyclic amines) is 1. The van der Waals surface area contributed by atoms with Crippen molar-refractivity contribution in [3.05, 3.63) is 11.8 Å². The van der Waals surface area contributed by atoms with Crippen molar-refractivity contribution < 1.29 is 0 Å². The summed E-state index contributed by atoms with van der Waals surface area (Å²) in [4.78, 5) is 2.42. The first kappa shape index (κ1) is 9.63. The Balaban J connectivity index is 2.31. The Kier molecular flexibility index (Phi) is 4.20. The van der Waals surface area contributed by atoms with Gasteiger partial charge in [0.25, 0.3) is 0 Å². The molecular formula is C11H21N. The van der Waals surface area contributed by atoms with Crippen LogP contribution < -0.4 is 0 Å². The second-order valence-corrected chi connectivity index (χ2v) is 3.72. The molecule has 1 rings (SSSR count). The summed E-state index contributed by atoms with van der Waals surface area (Å²) in [6.45, 7) is 3.51. The van der Waals surface area contributed by atoms with E-state index < -0.39 is 0 Å². The quantitative estimate of drug-likeness (QED) is 0.583. The summed E-state index contributed by atoms with van der Waals surface area (Å²) < 4.78 is 0. The van der Waals surface area contributed by atoms with Crippen LogP contribution in [0.5, 0.6) is 0 Å². The molecule has 0 radical (unpaired) electrons. The molecule has 0 atom stereocenters. The second kappa shape index (κ2) is 5.23. The first-order valence-corrected chi connectivity index (χ1v) is 5.24. The molecule has 0 N–H and O–H groups in total. The van der Waals surface area contributed by atoms with Gasteiger partial charge < -0.3 is 4.90 Å². The Hall–Kier alpha value is -0.460. The molecule has 0 aromatic rings. The molecule has 1 heterocycles. The Labute approximate surface area is 76.5 Å². The van der Waals surface area contributed by atoms with Gasteiger partial charge in [0.2, 0.25) is 0 Å². The van der Waals surface area contributed by atoms with E-state index in [4.69, 9.17) is 0 Å². The van der Waals surface area contributed by atoms with Gasteiger partial charge in [-0.3, -0.25) is 0 Å². The number of allylic oxidation sites excluding steroid dienone is 2. The smallest absolute Gasteiger partial charge is 0.0171 e. The van der Waals surface area contributed by atoms with Gasteiger partial charge in [0.05, 0.1) is 0 Å². The summed E-state index contributed by atoms with van der Waals surface area (Å²) in [5.74, 6) is 0. The molecule has 1 aliphatic heterocycles. The Morgan fingerprint density at radius 1 is 1.42 bits per heavy atom. The molecule has 0 aromatic heterocycles. The number of hydrogen-bond acceptors (Lipinski definition) is 1. The lowest BCUT2D eigenvalue weighted by atomic mass is 10.1. The van der Waals surface area contributed by atoms with E-state index in [9.17, 15) is 0 Å². The van der Waals surface area contributed by atoms with E-state index >= 15 is 0 Å². The summed E-state index contributed by atoms with van der Waals surface area (Å²) in [7, 11) is 2.22. The molecule has 0 unspecified atom stereocenters. The summed E-state index contributed by atoms with van der Waals surface area (Å²) >= 11 is 0. The molecule has 0 saturated carbocycles. The fraction of sp³-hybridized carbons (Fsp3) is 0.818. The van der Waals surface area contributed by atoms with Crippen molar-refractivity contribution in [1.82, 2.24) is 4.90 Å². The van der Waals surface area contributed by atoms with Crippen LogP contribution in [-0.4, -0.2) is 18.5 Å². The zero-order valence-electron chi connectivity index (χ0n) is 8.47. The van der Waals surface area contributed by atoms with Gasteiger partial charge >= 0.3 is 0 Å². The molecule has 1 nitrogen and oxygen atoms in total. The van der Waals surface area contributed by atoms with Gasteiger partial charge in [-0.2, -0.15) is 0 Å². The van der Waals surface area contributed by atoms with E-state index in [1.165, 1.54) is 45.1 Å². The average molecular weight is 167 g/mol. The highest BCUT2D eigenvalue weighted by atomic mass is 15.1. The molecule has 0 aliphatic carbocycles. The van der Waals surface area contributed by atoms with Crippen molar-refractivity contribution in [3.8, 4) is 0 Å². The molecule has 1 heteroatoms. The number of hydrogen-bond donors (Lipinski definition) is 0. The standard InChI is InChI=1S/C11H21N/c1-3-4-5-8-11-9-6-7-10-12(11)2/h8H,3-7,9-10H2,1-2H3. The van der Waals surface area contributed by atoms with Crippen LogP contribution >= 0.6 is 0 Å². The van der Waals surface area contributed by atoms with Crippen molar-refractivity contribution in [2.45, 2.75) is 45.4 Å². The minimum Gasteiger partial charge on any atom is -0.378 e. The van der Waals surface area contributed by atoms with Crippen LogP contribution in [0.3, 0.4) is 0 Å². The minimum atomic E-state index is 1.26. The number of rotatable bonds is 3. The minimum absolute atomic E-state index is 1.26. The molecule has 0 aromatic carbocycles. The van der Waals surface area contributed by atoms with Crippen LogP contribution in [0.4, 0.5) is 0 Å². The summed E-state index contributed by atoms with van der Waals surface area (Å²) in [6, 6.07) is 0. The predicted octanol–water partition coefficient (Wildman–Crippen LogP) is 3.18. The molecule has 1 fully saturated rings. The third-order valence-corrected chi connectivity index (χ3v) is 2.60. The molecule has 0 amide bonds. The second-order valence-electron chi connectivity index (χ2n) is 3.72. The first-order valence-electron chi connectivity index (χ1n) is 5.24. The Bertz CT molecular complexity index is 149. The highest BCUT2D eigenvalue weighted by Crippen LogP contribution is 2.19. The van der Waals surface area contributed by atoms with Crippen molar-refractivity contribution in [2.24, 2.45) is 0 Å². The lowest BCUT2D eigenvalue weighted by Crippen LogP contribution is -2.23. The maximum atomic E-state index is 2.43. The monoisotopic (exact) mass is 167 g/mol. The van der Waals surface area contributed by atoms with Gasteiger partial charge in [0.1, 0.15) is 0 Å². The van der Waals surface area contributed by atoms with Gasteiger partial charge in [0.15, 0.2) is 0 Å². The van der Waals surface area contributed by atoms with Gasteiger partial charge in [-0.25, -0.2) is 0 Å². The Morgan fingerprint density at radius 3 is 2.92 bits per heavy atom. The zero-order valence-corrected chi connectivity index (χ0v) is 8.47. The van der Waals surface area contributed by atoms with Gasteiger partial charge in [-0.05, 0) is 25.7 Å². The molecule has 0 bridgehead atoms. The summed E-state index contributed by atoms with van der Waals surface area (Å²) in [5.41, 5.74) is 1.58. The SMILES string of the molecule is CCCCC=C1CCCCN1C. The van der Waals surface area contributed by atoms with E-state index in [1.54, 1.807) is 5.70 Å². The number of nitrogens with zero attached hydrogens (tertiary/aromatic N) is 1. The average Bonchev–Trinajstić information content (AvgIpc) is 2.09. The van der Waals surface area contributed by atoms with Crippen LogP contribution in [0.2, 0.25) is 0 Å². The van der Waals surface area contributed by atoms with Crippen molar-refractivity contribution in [1.29, 1.82) is 0 Å². The molecule has 70 valence electrons. The van der Waals surface area contributed by atoms with Gasteiger partial charge in [-0.15, -0.1) is 0 Å². The van der Waals surface area contributed by atoms with E-state index in [0.29, 0.717) is 0 Å². The van der Waals surface area contributed by atoms with Crippen LogP contribution in [-0.2, 0) is 0 Å². The summed E-state index contributed by atoms with van der Waals surface area (Å²) in [6.07, 6.45) is 10.4. The number of unbranched alkanes of at least 4 members (excludes halogenated alkanes) is 2. The lowest BCUT2D eigenvalue weighted by molar-refractivity contribution is 0.343. The van der Waals surface area contributed by atoms with Crippen LogP contribution in [0.25, 0.3) is 0 Å². The van der Waals surface area contributed by atoms with Gasteiger partial charge in [0, 0.05) is 19.3 Å². The fourth-order valence-corrected chi connectivity index (χ4v) is 1.72. The van der Waals surface area contributed by atoms with Crippen molar-refractivity contribution in [3.63, 3.8) is 0 Å². The Morgan fingerprint density at radius 2 is 2.25 bits per heavy atom. The lowest BCUT2D eigenvalue weighted by Gasteiger charge is -2.27. The van der Waals surface area contributed by atoms with Gasteiger partial charge in [-0.1, -0.05) is 25.8 Å². The maximum Gasteiger partial charge on any atom is 0.0171 e. The third-order valence-electron chi connectivity index (χ3n) is 2.60. The van der Waals surface area contributed by atoms with E-state index in [2.05, 4.69) is 24.9 Å². The molecule has 12 heavy (non-hydrogen) atoms. The maximum absolute atomic E-state index is 2.43. The largest absolute Gasteiger partial charge is 0.378 e. The first-order chi connectivity index (χ1) is 5.84. The fourth-order valence-electron chi connectivity index (χ4n) is 1.72. The van der Waals surface area contributed by atoms with E-state index in [-0.39, 0.29) is 0 Å². The molecule has 1 saturated heterocycles. The highest BCUT2D eigenvalue weighted by Gasteiger charge is 2.08. The third kappa shape index (κ3) is 2.88. The van der Waals surface area contributed by atoms with Crippen molar-refractivity contribution in [2.75, 3.05) is 13.6 Å². The topological polar surface area (TPSA) is 3.24 Å². The highest BCUT2D eigenvalue weighted by molar-refractivity contribution is 5.02. The zero-order chi connectivity index (χ0) is 8.81. The van der Waals surface area contributed by atoms with Crippen LogP contribution in [0.15, 0.2) is 11.8 Å². The molecular weight excluding hydrogens is 146 g/mol. The predicted molar refractivity (Wildman–Crippen MR) is 54.1 cm³/mol. The van der Waals surface area contributed by atoms with E-state index in [1.807, 2.05) is 0 Å². The molecule has 1 aliphatic rings. The summed E-state index contributed by atoms with van der Waals surface area (Å²) in [5, 5.41) is 0. The number of piperidine rings is 1. The van der Waals surface area contributed by atoms with Crippen molar-refractivity contribution >= 4 is 0 Å². The van der Waals surface area contributed by atoms with Crippen LogP contribution in [0, 0.1) is 0 Å². The normalized spacial score (nSPS) is 21.8. The van der Waals surface area contributed by atoms with Crippen LogP contribution in [0.1, 0.15) is 45.4 Å².